The van der Waals surface area contributed by atoms with Crippen LogP contribution in [0.2, 0.25) is 0 Å². The fourth-order valence-corrected chi connectivity index (χ4v) is 6.06. The lowest BCUT2D eigenvalue weighted by molar-refractivity contribution is -0.178. The van der Waals surface area contributed by atoms with E-state index in [1.165, 1.54) is 0 Å². The second kappa shape index (κ2) is 6.62. The Morgan fingerprint density at radius 3 is 2.57 bits per heavy atom. The molecule has 1 aliphatic carbocycles. The van der Waals surface area contributed by atoms with E-state index in [0.717, 1.165) is 38.8 Å². The van der Waals surface area contributed by atoms with Gasteiger partial charge in [0.25, 0.3) is 0 Å². The van der Waals surface area contributed by atoms with Gasteiger partial charge in [0.1, 0.15) is 0 Å². The summed E-state index contributed by atoms with van der Waals surface area (Å²) in [5, 5.41) is 3.75. The van der Waals surface area contributed by atoms with Gasteiger partial charge in [0.2, 0.25) is 0 Å². The summed E-state index contributed by atoms with van der Waals surface area (Å²) in [6, 6.07) is 0.294. The van der Waals surface area contributed by atoms with Gasteiger partial charge >= 0.3 is 0 Å². The predicted molar refractivity (Wildman–Crippen MR) is 81.7 cm³/mol. The summed E-state index contributed by atoms with van der Waals surface area (Å²) < 4.78 is 30.5. The number of rotatable bonds is 4. The van der Waals surface area contributed by atoms with Crippen LogP contribution in [-0.2, 0) is 25.0 Å². The van der Waals surface area contributed by atoms with Gasteiger partial charge in [-0.05, 0) is 26.3 Å². The minimum atomic E-state index is -0.913. The van der Waals surface area contributed by atoms with Gasteiger partial charge < -0.3 is 19.5 Å². The molecule has 0 aromatic rings. The van der Waals surface area contributed by atoms with Crippen LogP contribution in [0.15, 0.2) is 0 Å². The van der Waals surface area contributed by atoms with Crippen LogP contribution in [0.25, 0.3) is 0 Å². The van der Waals surface area contributed by atoms with Gasteiger partial charge in [-0.1, -0.05) is 6.92 Å². The highest BCUT2D eigenvalue weighted by Gasteiger charge is 2.48. The molecule has 0 bridgehead atoms. The summed E-state index contributed by atoms with van der Waals surface area (Å²) in [4.78, 5) is 0. The fourth-order valence-electron chi connectivity index (χ4n) is 3.85. The molecule has 1 saturated carbocycles. The molecule has 6 heteroatoms. The standard InChI is InChI=1S/C15H27NO4S/c1-3-16-12-4-6-15(19-8-9-20-15)10-14(12)21(17)13-5-7-18-11(13)2/h11-14,16H,3-10H2,1-2H3. The lowest BCUT2D eigenvalue weighted by atomic mass is 9.89. The number of ether oxygens (including phenoxy) is 3. The van der Waals surface area contributed by atoms with Gasteiger partial charge in [-0.25, -0.2) is 0 Å². The van der Waals surface area contributed by atoms with Crippen LogP contribution < -0.4 is 5.32 Å². The van der Waals surface area contributed by atoms with E-state index in [0.29, 0.717) is 19.3 Å². The Morgan fingerprint density at radius 1 is 1.19 bits per heavy atom. The molecule has 5 unspecified atom stereocenters. The van der Waals surface area contributed by atoms with Crippen LogP contribution in [0, 0.1) is 0 Å². The maximum Gasteiger partial charge on any atom is 0.169 e. The molecular formula is C15H27NO4S. The zero-order chi connectivity index (χ0) is 14.9. The Bertz CT molecular complexity index is 386. The second-order valence-electron chi connectivity index (χ2n) is 6.28. The van der Waals surface area contributed by atoms with Crippen molar-refractivity contribution in [1.29, 1.82) is 0 Å². The van der Waals surface area contributed by atoms with E-state index in [4.69, 9.17) is 14.2 Å². The van der Waals surface area contributed by atoms with Gasteiger partial charge in [-0.3, -0.25) is 4.21 Å². The quantitative estimate of drug-likeness (QED) is 0.844. The Morgan fingerprint density at radius 2 is 1.95 bits per heavy atom. The van der Waals surface area contributed by atoms with Crippen LogP contribution in [0.3, 0.4) is 0 Å². The van der Waals surface area contributed by atoms with E-state index in [9.17, 15) is 4.21 Å². The van der Waals surface area contributed by atoms with E-state index in [-0.39, 0.29) is 16.6 Å². The van der Waals surface area contributed by atoms with Crippen molar-refractivity contribution >= 4 is 10.8 Å². The van der Waals surface area contributed by atoms with Gasteiger partial charge in [-0.15, -0.1) is 0 Å². The van der Waals surface area contributed by atoms with Gasteiger partial charge in [-0.2, -0.15) is 0 Å². The van der Waals surface area contributed by atoms with Gasteiger partial charge in [0.05, 0.1) is 29.8 Å². The molecule has 5 atom stereocenters. The van der Waals surface area contributed by atoms with Crippen molar-refractivity contribution in [2.24, 2.45) is 0 Å². The molecule has 2 saturated heterocycles. The smallest absolute Gasteiger partial charge is 0.169 e. The zero-order valence-corrected chi connectivity index (χ0v) is 13.8. The molecular weight excluding hydrogens is 290 g/mol. The summed E-state index contributed by atoms with van der Waals surface area (Å²) >= 11 is 0. The molecule has 0 radical (unpaired) electrons. The van der Waals surface area contributed by atoms with Crippen molar-refractivity contribution in [1.82, 2.24) is 5.32 Å². The van der Waals surface area contributed by atoms with E-state index in [2.05, 4.69) is 12.2 Å². The number of nitrogens with one attached hydrogen (secondary N) is 1. The maximum atomic E-state index is 13.1. The molecule has 3 rings (SSSR count). The third kappa shape index (κ3) is 3.20. The number of hydrogen-bond donors (Lipinski definition) is 1. The van der Waals surface area contributed by atoms with Crippen LogP contribution in [0.1, 0.15) is 39.5 Å². The molecule has 2 heterocycles. The topological polar surface area (TPSA) is 56.8 Å². The SMILES string of the molecule is CCNC1CCC2(CC1S(=O)C1CCOC1C)OCCO2. The molecule has 3 aliphatic rings. The Kier molecular flexibility index (Phi) is 5.01. The predicted octanol–water partition coefficient (Wildman–Crippen LogP) is 1.19. The highest BCUT2D eigenvalue weighted by atomic mass is 32.2. The van der Waals surface area contributed by atoms with E-state index < -0.39 is 16.6 Å². The van der Waals surface area contributed by atoms with Gasteiger partial charge in [0, 0.05) is 36.3 Å². The highest BCUT2D eigenvalue weighted by molar-refractivity contribution is 7.86. The number of hydrogen-bond acceptors (Lipinski definition) is 5. The zero-order valence-electron chi connectivity index (χ0n) is 13.0. The molecule has 21 heavy (non-hydrogen) atoms. The normalized spacial score (nSPS) is 40.7. The molecule has 3 fully saturated rings. The van der Waals surface area contributed by atoms with Crippen molar-refractivity contribution in [2.75, 3.05) is 26.4 Å². The third-order valence-corrected chi connectivity index (χ3v) is 7.29. The minimum Gasteiger partial charge on any atom is -0.377 e. The average molecular weight is 317 g/mol. The molecule has 0 aromatic heterocycles. The Hall–Kier alpha value is -0.0100. The second-order valence-corrected chi connectivity index (χ2v) is 8.15. The first-order chi connectivity index (χ1) is 10.2. The van der Waals surface area contributed by atoms with Crippen LogP contribution >= 0.6 is 0 Å². The Balaban J connectivity index is 1.74. The highest BCUT2D eigenvalue weighted by Crippen LogP contribution is 2.39. The minimum absolute atomic E-state index is 0.0888. The van der Waals surface area contributed by atoms with Crippen molar-refractivity contribution in [3.63, 3.8) is 0 Å². The van der Waals surface area contributed by atoms with Gasteiger partial charge in [0.15, 0.2) is 5.79 Å². The van der Waals surface area contributed by atoms with Crippen LogP contribution in [0.4, 0.5) is 0 Å². The van der Waals surface area contributed by atoms with Crippen molar-refractivity contribution in [2.45, 2.75) is 68.0 Å². The first kappa shape index (κ1) is 15.9. The molecule has 0 aromatic carbocycles. The van der Waals surface area contributed by atoms with Crippen LogP contribution in [0.5, 0.6) is 0 Å². The van der Waals surface area contributed by atoms with E-state index >= 15 is 0 Å². The fraction of sp³-hybridized carbons (Fsp3) is 1.00. The molecule has 5 nitrogen and oxygen atoms in total. The van der Waals surface area contributed by atoms with E-state index in [1.54, 1.807) is 0 Å². The molecule has 122 valence electrons. The monoisotopic (exact) mass is 317 g/mol. The summed E-state index contributed by atoms with van der Waals surface area (Å²) in [7, 11) is -0.913. The van der Waals surface area contributed by atoms with E-state index in [1.807, 2.05) is 6.92 Å². The van der Waals surface area contributed by atoms with Crippen molar-refractivity contribution in [3.05, 3.63) is 0 Å². The van der Waals surface area contributed by atoms with Crippen molar-refractivity contribution in [3.8, 4) is 0 Å². The van der Waals surface area contributed by atoms with Crippen LogP contribution in [-0.4, -0.2) is 59.0 Å². The maximum absolute atomic E-state index is 13.1. The lowest BCUT2D eigenvalue weighted by Crippen LogP contribution is -2.54. The Labute approximate surface area is 129 Å². The third-order valence-electron chi connectivity index (χ3n) is 4.98. The first-order valence-electron chi connectivity index (χ1n) is 8.17. The van der Waals surface area contributed by atoms with Crippen molar-refractivity contribution < 1.29 is 18.4 Å². The summed E-state index contributed by atoms with van der Waals surface area (Å²) in [6.45, 7) is 7.10. The first-order valence-corrected chi connectivity index (χ1v) is 9.45. The summed E-state index contributed by atoms with van der Waals surface area (Å²) in [5.41, 5.74) is 0. The molecule has 1 spiro atoms. The summed E-state index contributed by atoms with van der Waals surface area (Å²) in [5.74, 6) is -0.477. The lowest BCUT2D eigenvalue weighted by Gasteiger charge is -2.41. The molecule has 0 amide bonds. The largest absolute Gasteiger partial charge is 0.377 e. The molecule has 1 N–H and O–H groups in total. The average Bonchev–Trinajstić information content (AvgIpc) is 3.10. The summed E-state index contributed by atoms with van der Waals surface area (Å²) in [6.07, 6.45) is 3.59. The molecule has 2 aliphatic heterocycles.